The lowest BCUT2D eigenvalue weighted by Crippen LogP contribution is -2.67. The molecule has 0 bridgehead atoms. The van der Waals surface area contributed by atoms with Crippen molar-refractivity contribution in [3.63, 3.8) is 0 Å². The lowest BCUT2D eigenvalue weighted by atomic mass is 9.95. The third-order valence-corrected chi connectivity index (χ3v) is 13.4. The number of benzene rings is 2. The summed E-state index contributed by atoms with van der Waals surface area (Å²) in [4.78, 5) is 12.1. The zero-order valence-corrected chi connectivity index (χ0v) is 26.9. The average Bonchev–Trinajstić information content (AvgIpc) is 3.63. The second kappa shape index (κ2) is 15.9. The fraction of sp³-hybridized carbons (Fsp3) is 0.629. The van der Waals surface area contributed by atoms with Crippen molar-refractivity contribution in [1.82, 2.24) is 0 Å². The van der Waals surface area contributed by atoms with Crippen LogP contribution in [0.3, 0.4) is 0 Å². The topological polar surface area (TPSA) is 48.1 Å². The minimum Gasteiger partial charge on any atom is -0.466 e. The lowest BCUT2D eigenvalue weighted by molar-refractivity contribution is -0.143. The van der Waals surface area contributed by atoms with E-state index in [9.17, 15) is 4.79 Å². The summed E-state index contributed by atoms with van der Waals surface area (Å²) in [6.45, 7) is 12.1. The molecule has 1 fully saturated rings. The number of rotatable bonds is 19. The molecule has 0 aromatic heterocycles. The maximum absolute atomic E-state index is 12.1. The molecule has 0 unspecified atom stereocenters. The van der Waals surface area contributed by atoms with Crippen LogP contribution in [0.1, 0.15) is 112 Å². The van der Waals surface area contributed by atoms with Gasteiger partial charge in [-0.2, -0.15) is 0 Å². The van der Waals surface area contributed by atoms with Crippen molar-refractivity contribution in [3.05, 3.63) is 60.7 Å². The monoisotopic (exact) mass is 566 g/mol. The van der Waals surface area contributed by atoms with Gasteiger partial charge >= 0.3 is 5.97 Å². The van der Waals surface area contributed by atoms with Crippen LogP contribution >= 0.6 is 0 Å². The first-order valence-corrected chi connectivity index (χ1v) is 17.8. The van der Waals surface area contributed by atoms with Gasteiger partial charge in [0.15, 0.2) is 0 Å². The number of epoxide rings is 1. The minimum absolute atomic E-state index is 0.0794. The van der Waals surface area contributed by atoms with Gasteiger partial charge in [0.25, 0.3) is 8.32 Å². The van der Waals surface area contributed by atoms with Crippen LogP contribution in [0, 0.1) is 0 Å². The normalized spacial score (nSPS) is 19.0. The first-order chi connectivity index (χ1) is 19.3. The van der Waals surface area contributed by atoms with Crippen molar-refractivity contribution in [2.45, 2.75) is 128 Å². The lowest BCUT2D eigenvalue weighted by Gasteiger charge is -2.43. The predicted octanol–water partition coefficient (Wildman–Crippen LogP) is 7.96. The van der Waals surface area contributed by atoms with Gasteiger partial charge < -0.3 is 13.9 Å². The van der Waals surface area contributed by atoms with Crippen LogP contribution in [0.15, 0.2) is 60.7 Å². The van der Waals surface area contributed by atoms with Crippen LogP contribution in [0.4, 0.5) is 0 Å². The molecule has 1 aliphatic rings. The average molecular weight is 567 g/mol. The molecule has 1 saturated heterocycles. The third-order valence-electron chi connectivity index (χ3n) is 8.46. The molecule has 3 rings (SSSR count). The smallest absolute Gasteiger partial charge is 0.305 e. The Morgan fingerprint density at radius 2 is 1.38 bits per heavy atom. The Hall–Kier alpha value is -1.95. The number of carbonyl (C=O) groups excluding carboxylic acids is 1. The van der Waals surface area contributed by atoms with E-state index >= 15 is 0 Å². The van der Waals surface area contributed by atoms with E-state index in [0.29, 0.717) is 19.6 Å². The number of carbonyl (C=O) groups is 1. The molecule has 0 saturated carbocycles. The number of hydrogen-bond acceptors (Lipinski definition) is 4. The molecule has 40 heavy (non-hydrogen) atoms. The molecule has 0 radical (unpaired) electrons. The van der Waals surface area contributed by atoms with Gasteiger partial charge in [0.2, 0.25) is 0 Å². The fourth-order valence-electron chi connectivity index (χ4n) is 6.21. The van der Waals surface area contributed by atoms with E-state index in [4.69, 9.17) is 13.9 Å². The van der Waals surface area contributed by atoms with Crippen LogP contribution < -0.4 is 10.4 Å². The van der Waals surface area contributed by atoms with Gasteiger partial charge in [-0.25, -0.2) is 0 Å². The van der Waals surface area contributed by atoms with Gasteiger partial charge in [0, 0.05) is 6.42 Å². The zero-order chi connectivity index (χ0) is 28.9. The molecule has 2 aromatic rings. The summed E-state index contributed by atoms with van der Waals surface area (Å²) < 4.78 is 19.0. The van der Waals surface area contributed by atoms with Gasteiger partial charge in [-0.15, -0.1) is 0 Å². The summed E-state index contributed by atoms with van der Waals surface area (Å²) in [5, 5.41) is 2.50. The summed E-state index contributed by atoms with van der Waals surface area (Å²) in [6.07, 6.45) is 13.8. The van der Waals surface area contributed by atoms with Crippen molar-refractivity contribution in [3.8, 4) is 0 Å². The zero-order valence-electron chi connectivity index (χ0n) is 25.9. The number of ether oxygens (including phenoxy) is 2. The number of esters is 1. The SMILES string of the molecule is CCCCCCCCCC[C@@H]1O[C@]1(CCCC(=O)OCC)CO[Si](c1ccccc1)(c1ccccc1)C(C)(C)C. The highest BCUT2D eigenvalue weighted by atomic mass is 28.4. The molecule has 1 aliphatic heterocycles. The van der Waals surface area contributed by atoms with Gasteiger partial charge in [-0.05, 0) is 41.6 Å². The van der Waals surface area contributed by atoms with Gasteiger partial charge in [0.05, 0.1) is 19.3 Å². The largest absolute Gasteiger partial charge is 0.466 e. The van der Waals surface area contributed by atoms with Crippen LogP contribution in [-0.4, -0.2) is 39.2 Å². The molecule has 0 amide bonds. The van der Waals surface area contributed by atoms with Gasteiger partial charge in [-0.3, -0.25) is 4.79 Å². The second-order valence-corrected chi connectivity index (χ2v) is 16.9. The summed E-state index contributed by atoms with van der Waals surface area (Å²) in [6, 6.07) is 21.6. The Balaban J connectivity index is 1.74. The van der Waals surface area contributed by atoms with Crippen molar-refractivity contribution in [1.29, 1.82) is 0 Å². The molecule has 0 aliphatic carbocycles. The Bertz CT molecular complexity index is 948. The minimum atomic E-state index is -2.65. The van der Waals surface area contributed by atoms with E-state index in [-0.39, 0.29) is 22.7 Å². The maximum atomic E-state index is 12.1. The molecule has 2 atom stereocenters. The highest BCUT2D eigenvalue weighted by molar-refractivity contribution is 6.99. The summed E-state index contributed by atoms with van der Waals surface area (Å²) in [7, 11) is -2.65. The van der Waals surface area contributed by atoms with Gasteiger partial charge in [-0.1, -0.05) is 140 Å². The van der Waals surface area contributed by atoms with Crippen LogP contribution in [0.5, 0.6) is 0 Å². The van der Waals surface area contributed by atoms with Crippen LogP contribution in [-0.2, 0) is 18.7 Å². The van der Waals surface area contributed by atoms with Crippen LogP contribution in [0.2, 0.25) is 5.04 Å². The highest BCUT2D eigenvalue weighted by Gasteiger charge is 2.58. The molecule has 0 spiro atoms. The molecule has 222 valence electrons. The van der Waals surface area contributed by atoms with E-state index in [1.54, 1.807) is 0 Å². The molecule has 1 heterocycles. The molecule has 2 aromatic carbocycles. The Labute approximate surface area is 245 Å². The summed E-state index contributed by atoms with van der Waals surface area (Å²) in [5.74, 6) is -0.120. The Kier molecular flexibility index (Phi) is 12.9. The number of unbranched alkanes of at least 4 members (excludes halogenated alkanes) is 7. The summed E-state index contributed by atoms with van der Waals surface area (Å²) >= 11 is 0. The van der Waals surface area contributed by atoms with E-state index in [2.05, 4.69) is 88.4 Å². The van der Waals surface area contributed by atoms with E-state index < -0.39 is 8.32 Å². The summed E-state index contributed by atoms with van der Waals surface area (Å²) in [5.41, 5.74) is -0.319. The fourth-order valence-corrected chi connectivity index (χ4v) is 10.8. The van der Waals surface area contributed by atoms with E-state index in [1.807, 2.05) is 6.92 Å². The maximum Gasteiger partial charge on any atom is 0.305 e. The van der Waals surface area contributed by atoms with E-state index in [1.165, 1.54) is 61.7 Å². The van der Waals surface area contributed by atoms with Crippen LogP contribution in [0.25, 0.3) is 0 Å². The predicted molar refractivity (Wildman–Crippen MR) is 169 cm³/mol. The molecule has 5 heteroatoms. The first-order valence-electron chi connectivity index (χ1n) is 15.9. The quantitative estimate of drug-likeness (QED) is 0.0749. The van der Waals surface area contributed by atoms with E-state index in [0.717, 1.165) is 19.3 Å². The van der Waals surface area contributed by atoms with Crippen molar-refractivity contribution in [2.24, 2.45) is 0 Å². The third kappa shape index (κ3) is 8.77. The second-order valence-electron chi connectivity index (χ2n) is 12.5. The Morgan fingerprint density at radius 3 is 1.90 bits per heavy atom. The molecule has 0 N–H and O–H groups in total. The van der Waals surface area contributed by atoms with Crippen molar-refractivity contribution in [2.75, 3.05) is 13.2 Å². The first kappa shape index (κ1) is 32.6. The molecular weight excluding hydrogens is 512 g/mol. The molecular formula is C35H54O4Si. The van der Waals surface area contributed by atoms with Gasteiger partial charge in [0.1, 0.15) is 5.60 Å². The standard InChI is InChI=1S/C35H54O4Si/c1-6-8-9-10-11-12-13-20-26-32-35(39-32,28-21-27-33(36)37-7-2)29-38-40(34(3,4)5,30-22-16-14-17-23-30)31-24-18-15-19-25-31/h14-19,22-25,32H,6-13,20-21,26-29H2,1-5H3/t32-,35+/m0/s1. The molecule has 4 nitrogen and oxygen atoms in total. The van der Waals surface area contributed by atoms with Crippen molar-refractivity contribution >= 4 is 24.7 Å². The van der Waals surface area contributed by atoms with Crippen molar-refractivity contribution < 1.29 is 18.7 Å². The number of hydrogen-bond donors (Lipinski definition) is 0. The highest BCUT2D eigenvalue weighted by Crippen LogP contribution is 2.46. The Morgan fingerprint density at radius 1 is 0.825 bits per heavy atom.